The maximum atomic E-state index is 13.8. The van der Waals surface area contributed by atoms with Crippen molar-refractivity contribution in [1.29, 1.82) is 0 Å². The molecule has 0 saturated carbocycles. The number of para-hydroxylation sites is 2. The molecule has 1 atom stereocenters. The van der Waals surface area contributed by atoms with E-state index >= 15 is 0 Å². The predicted octanol–water partition coefficient (Wildman–Crippen LogP) is 7.04. The van der Waals surface area contributed by atoms with E-state index in [0.29, 0.717) is 51.7 Å². The maximum Gasteiger partial charge on any atom is 0.304 e. The number of benzene rings is 4. The molecule has 0 amide bonds. The fraction of sp³-hybridized carbons (Fsp3) is 0.176. The van der Waals surface area contributed by atoms with Gasteiger partial charge in [-0.05, 0) is 48.9 Å². The number of methoxy groups -OCH3 is 2. The molecule has 2 heterocycles. The van der Waals surface area contributed by atoms with Gasteiger partial charge in [-0.2, -0.15) is 9.78 Å². The predicted molar refractivity (Wildman–Crippen MR) is 171 cm³/mol. The van der Waals surface area contributed by atoms with E-state index in [1.165, 1.54) is 23.9 Å². The molecular formula is C34H29FN4O5S. The summed E-state index contributed by atoms with van der Waals surface area (Å²) in [5.41, 5.74) is 4.92. The number of aliphatic carboxylic acids is 1. The van der Waals surface area contributed by atoms with Crippen LogP contribution >= 0.6 is 11.8 Å². The molecule has 1 aromatic heterocycles. The Labute approximate surface area is 263 Å². The lowest BCUT2D eigenvalue weighted by atomic mass is 9.93. The van der Waals surface area contributed by atoms with Crippen molar-refractivity contribution in [1.82, 2.24) is 14.9 Å². The van der Waals surface area contributed by atoms with Gasteiger partial charge < -0.3 is 19.3 Å². The first-order valence-electron chi connectivity index (χ1n) is 14.2. The highest BCUT2D eigenvalue weighted by Crippen LogP contribution is 2.47. The molecule has 9 nitrogen and oxygen atoms in total. The van der Waals surface area contributed by atoms with Crippen LogP contribution < -0.4 is 14.2 Å². The number of fused-ring (bicyclic) bond motifs is 1. The Bertz CT molecular complexity index is 1840. The minimum atomic E-state index is -0.982. The van der Waals surface area contributed by atoms with E-state index in [-0.39, 0.29) is 6.42 Å². The SMILES string of the molecule is CCOc1c(-c2ccccc2OC)cc(-c2nnc3n2N=C(c2ccc(F)cc2)C(CC(=O)O)S3)cc1-c1ccccc1OC. The molecule has 228 valence electrons. The van der Waals surface area contributed by atoms with E-state index < -0.39 is 17.0 Å². The van der Waals surface area contributed by atoms with Crippen LogP contribution in [-0.4, -0.2) is 57.7 Å². The molecule has 11 heteroatoms. The maximum absolute atomic E-state index is 13.8. The van der Waals surface area contributed by atoms with Crippen molar-refractivity contribution in [2.75, 3.05) is 20.8 Å². The standard InChI is InChI=1S/C34H29FN4O5S/c1-4-44-32-25(23-9-5-7-11-27(23)42-2)17-21(18-26(32)24-10-6-8-12-28(24)43-3)33-36-37-34-39(33)38-31(29(45-34)19-30(40)41)20-13-15-22(35)16-14-20/h5-18,29H,4,19H2,1-3H3,(H,40,41). The van der Waals surface area contributed by atoms with Crippen molar-refractivity contribution in [2.45, 2.75) is 23.8 Å². The number of carboxylic acids is 1. The minimum absolute atomic E-state index is 0.192. The van der Waals surface area contributed by atoms with Gasteiger partial charge >= 0.3 is 5.97 Å². The fourth-order valence-corrected chi connectivity index (χ4v) is 6.41. The second-order valence-electron chi connectivity index (χ2n) is 10.0. The van der Waals surface area contributed by atoms with Gasteiger partial charge in [0.15, 0.2) is 5.82 Å². The summed E-state index contributed by atoms with van der Waals surface area (Å²) in [7, 11) is 3.24. The summed E-state index contributed by atoms with van der Waals surface area (Å²) in [5.74, 6) is 1.01. The zero-order valence-corrected chi connectivity index (χ0v) is 25.5. The van der Waals surface area contributed by atoms with E-state index in [9.17, 15) is 14.3 Å². The second-order valence-corrected chi connectivity index (χ2v) is 11.2. The third-order valence-electron chi connectivity index (χ3n) is 7.30. The van der Waals surface area contributed by atoms with Crippen molar-refractivity contribution in [3.63, 3.8) is 0 Å². The van der Waals surface area contributed by atoms with Crippen molar-refractivity contribution in [3.05, 3.63) is 96.3 Å². The van der Waals surface area contributed by atoms with Gasteiger partial charge in [0, 0.05) is 27.8 Å². The van der Waals surface area contributed by atoms with Gasteiger partial charge in [-0.15, -0.1) is 10.2 Å². The number of carbonyl (C=O) groups is 1. The fourth-order valence-electron chi connectivity index (χ4n) is 5.32. The van der Waals surface area contributed by atoms with E-state index in [2.05, 4.69) is 10.2 Å². The van der Waals surface area contributed by atoms with Crippen LogP contribution in [-0.2, 0) is 4.79 Å². The van der Waals surface area contributed by atoms with Crippen LogP contribution in [0, 0.1) is 5.82 Å². The largest absolute Gasteiger partial charge is 0.496 e. The molecule has 45 heavy (non-hydrogen) atoms. The van der Waals surface area contributed by atoms with Gasteiger partial charge in [0.1, 0.15) is 23.1 Å². The molecule has 0 saturated heterocycles. The summed E-state index contributed by atoms with van der Waals surface area (Å²) in [6.45, 7) is 2.34. The number of halogens is 1. The van der Waals surface area contributed by atoms with Crippen LogP contribution in [0.3, 0.4) is 0 Å². The van der Waals surface area contributed by atoms with Crippen LogP contribution in [0.15, 0.2) is 95.2 Å². The normalized spacial score (nSPS) is 14.0. The molecular weight excluding hydrogens is 595 g/mol. The molecule has 0 radical (unpaired) electrons. The molecule has 4 aromatic carbocycles. The Kier molecular flexibility index (Phi) is 8.52. The summed E-state index contributed by atoms with van der Waals surface area (Å²) < 4.78 is 33.2. The topological polar surface area (TPSA) is 108 Å². The number of thioether (sulfide) groups is 1. The highest BCUT2D eigenvalue weighted by Gasteiger charge is 2.32. The molecule has 0 spiro atoms. The summed E-state index contributed by atoms with van der Waals surface area (Å²) in [6, 6.07) is 25.1. The van der Waals surface area contributed by atoms with Gasteiger partial charge in [0.05, 0.1) is 38.2 Å². The lowest BCUT2D eigenvalue weighted by Gasteiger charge is -2.23. The first-order valence-corrected chi connectivity index (χ1v) is 15.1. The highest BCUT2D eigenvalue weighted by molar-refractivity contribution is 8.00. The van der Waals surface area contributed by atoms with Crippen molar-refractivity contribution in [3.8, 4) is 50.9 Å². The average molecular weight is 625 g/mol. The van der Waals surface area contributed by atoms with Gasteiger partial charge in [0.25, 0.3) is 0 Å². The molecule has 1 aliphatic rings. The molecule has 0 fully saturated rings. The number of carboxylic acid groups (broad SMARTS) is 1. The smallest absolute Gasteiger partial charge is 0.304 e. The first kappa shape index (κ1) is 29.9. The first-order chi connectivity index (χ1) is 21.9. The van der Waals surface area contributed by atoms with Crippen LogP contribution in [0.2, 0.25) is 0 Å². The number of aromatic nitrogens is 3. The number of nitrogens with zero attached hydrogens (tertiary/aromatic N) is 4. The number of hydrogen-bond donors (Lipinski definition) is 1. The molecule has 0 bridgehead atoms. The van der Waals surface area contributed by atoms with E-state index in [1.54, 1.807) is 31.0 Å². The molecule has 1 unspecified atom stereocenters. The zero-order chi connectivity index (χ0) is 31.5. The number of ether oxygens (including phenoxy) is 3. The van der Waals surface area contributed by atoms with Gasteiger partial charge in [-0.3, -0.25) is 4.79 Å². The van der Waals surface area contributed by atoms with Gasteiger partial charge in [-0.25, -0.2) is 4.39 Å². The summed E-state index contributed by atoms with van der Waals surface area (Å²) in [5, 5.41) is 23.3. The van der Waals surface area contributed by atoms with E-state index in [1.807, 2.05) is 67.6 Å². The Balaban J connectivity index is 1.61. The van der Waals surface area contributed by atoms with Crippen LogP contribution in [0.1, 0.15) is 18.9 Å². The molecule has 6 rings (SSSR count). The molecule has 0 aliphatic carbocycles. The molecule has 1 aliphatic heterocycles. The molecule has 1 N–H and O–H groups in total. The van der Waals surface area contributed by atoms with Crippen molar-refractivity contribution in [2.24, 2.45) is 5.10 Å². The Morgan fingerprint density at radius 2 is 1.47 bits per heavy atom. The van der Waals surface area contributed by atoms with E-state index in [0.717, 1.165) is 22.3 Å². The zero-order valence-electron chi connectivity index (χ0n) is 24.7. The van der Waals surface area contributed by atoms with E-state index in [4.69, 9.17) is 19.3 Å². The van der Waals surface area contributed by atoms with Crippen LogP contribution in [0.25, 0.3) is 33.6 Å². The van der Waals surface area contributed by atoms with Crippen molar-refractivity contribution >= 4 is 23.4 Å². The monoisotopic (exact) mass is 624 g/mol. The Morgan fingerprint density at radius 3 is 2.02 bits per heavy atom. The van der Waals surface area contributed by atoms with Crippen LogP contribution in [0.5, 0.6) is 17.2 Å². The van der Waals surface area contributed by atoms with Crippen molar-refractivity contribution < 1.29 is 28.5 Å². The quantitative estimate of drug-likeness (QED) is 0.176. The lowest BCUT2D eigenvalue weighted by Crippen LogP contribution is -2.27. The second kappa shape index (κ2) is 12.8. The minimum Gasteiger partial charge on any atom is -0.496 e. The van der Waals surface area contributed by atoms with Gasteiger partial charge in [-0.1, -0.05) is 60.3 Å². The lowest BCUT2D eigenvalue weighted by molar-refractivity contribution is -0.136. The Hall–Kier alpha value is -5.16. The molecule has 5 aromatic rings. The number of hydrogen-bond acceptors (Lipinski definition) is 8. The summed E-state index contributed by atoms with van der Waals surface area (Å²) >= 11 is 1.25. The highest BCUT2D eigenvalue weighted by atomic mass is 32.2. The summed E-state index contributed by atoms with van der Waals surface area (Å²) in [6.07, 6.45) is -0.192. The Morgan fingerprint density at radius 1 is 0.867 bits per heavy atom. The third kappa shape index (κ3) is 5.86. The third-order valence-corrected chi connectivity index (χ3v) is 8.44. The van der Waals surface area contributed by atoms with Crippen LogP contribution in [0.4, 0.5) is 4.39 Å². The summed E-state index contributed by atoms with van der Waals surface area (Å²) in [4.78, 5) is 11.8. The number of rotatable bonds is 10. The average Bonchev–Trinajstić information content (AvgIpc) is 3.47. The van der Waals surface area contributed by atoms with Gasteiger partial charge in [0.2, 0.25) is 5.16 Å².